The summed E-state index contributed by atoms with van der Waals surface area (Å²) in [5.41, 5.74) is 4.19. The van der Waals surface area contributed by atoms with Crippen LogP contribution in [0.25, 0.3) is 5.57 Å². The first-order chi connectivity index (χ1) is 6.77. The molecular weight excluding hydrogens is 168 g/mol. The molecule has 0 aliphatic carbocycles. The predicted molar refractivity (Wildman–Crippen MR) is 64.4 cm³/mol. The molecule has 0 atom stereocenters. The fourth-order valence-corrected chi connectivity index (χ4v) is 1.59. The van der Waals surface area contributed by atoms with Gasteiger partial charge < -0.3 is 0 Å². The SMILES string of the molecule is C/C=C(\CCCC)c1ccc(C)cc1. The third kappa shape index (κ3) is 3.02. The van der Waals surface area contributed by atoms with Crippen LogP contribution in [0.2, 0.25) is 0 Å². The Balaban J connectivity index is 2.75. The maximum atomic E-state index is 2.24. The summed E-state index contributed by atoms with van der Waals surface area (Å²) in [6.07, 6.45) is 5.99. The highest BCUT2D eigenvalue weighted by Gasteiger charge is 1.98. The van der Waals surface area contributed by atoms with E-state index in [1.807, 2.05) is 0 Å². The van der Waals surface area contributed by atoms with Crippen LogP contribution in [-0.2, 0) is 0 Å². The molecule has 0 bridgehead atoms. The molecule has 76 valence electrons. The van der Waals surface area contributed by atoms with E-state index in [-0.39, 0.29) is 0 Å². The Hall–Kier alpha value is -1.04. The highest BCUT2D eigenvalue weighted by Crippen LogP contribution is 2.20. The van der Waals surface area contributed by atoms with Gasteiger partial charge in [-0.05, 0) is 37.8 Å². The van der Waals surface area contributed by atoms with Crippen LogP contribution in [0.4, 0.5) is 0 Å². The van der Waals surface area contributed by atoms with Crippen LogP contribution in [0.15, 0.2) is 30.3 Å². The summed E-state index contributed by atoms with van der Waals surface area (Å²) in [6.45, 7) is 6.50. The fourth-order valence-electron chi connectivity index (χ4n) is 1.59. The van der Waals surface area contributed by atoms with E-state index >= 15 is 0 Å². The smallest absolute Gasteiger partial charge is 0.0228 e. The maximum Gasteiger partial charge on any atom is -0.0228 e. The lowest BCUT2D eigenvalue weighted by Crippen LogP contribution is -1.85. The molecule has 0 heterocycles. The van der Waals surface area contributed by atoms with E-state index in [1.54, 1.807) is 0 Å². The minimum Gasteiger partial charge on any atom is -0.0838 e. The van der Waals surface area contributed by atoms with E-state index in [4.69, 9.17) is 0 Å². The summed E-state index contributed by atoms with van der Waals surface area (Å²) in [4.78, 5) is 0. The zero-order valence-electron chi connectivity index (χ0n) is 9.51. The van der Waals surface area contributed by atoms with Gasteiger partial charge in [0.25, 0.3) is 0 Å². The van der Waals surface area contributed by atoms with Gasteiger partial charge in [-0.1, -0.05) is 49.2 Å². The number of benzene rings is 1. The van der Waals surface area contributed by atoms with Crippen LogP contribution in [0.5, 0.6) is 0 Å². The van der Waals surface area contributed by atoms with Crippen molar-refractivity contribution in [3.8, 4) is 0 Å². The van der Waals surface area contributed by atoms with E-state index in [9.17, 15) is 0 Å². The van der Waals surface area contributed by atoms with Crippen molar-refractivity contribution in [2.75, 3.05) is 0 Å². The first-order valence-electron chi connectivity index (χ1n) is 5.50. The molecule has 0 saturated carbocycles. The van der Waals surface area contributed by atoms with Gasteiger partial charge in [0.05, 0.1) is 0 Å². The average molecular weight is 188 g/mol. The monoisotopic (exact) mass is 188 g/mol. The topological polar surface area (TPSA) is 0 Å². The zero-order valence-corrected chi connectivity index (χ0v) is 9.51. The van der Waals surface area contributed by atoms with Crippen molar-refractivity contribution in [1.82, 2.24) is 0 Å². The van der Waals surface area contributed by atoms with E-state index in [0.717, 1.165) is 0 Å². The molecule has 0 radical (unpaired) electrons. The number of hydrogen-bond donors (Lipinski definition) is 0. The van der Waals surface area contributed by atoms with Crippen LogP contribution in [0, 0.1) is 6.92 Å². The van der Waals surface area contributed by atoms with Gasteiger partial charge in [0.1, 0.15) is 0 Å². The van der Waals surface area contributed by atoms with Crippen LogP contribution in [-0.4, -0.2) is 0 Å². The Labute approximate surface area is 87.7 Å². The standard InChI is InChI=1S/C14H20/c1-4-6-7-13(5-2)14-10-8-12(3)9-11-14/h5,8-11H,4,6-7H2,1-3H3/b13-5+. The molecule has 1 aromatic carbocycles. The first-order valence-corrected chi connectivity index (χ1v) is 5.50. The fraction of sp³-hybridized carbons (Fsp3) is 0.429. The molecule has 0 nitrogen and oxygen atoms in total. The third-order valence-electron chi connectivity index (χ3n) is 2.57. The Bertz CT molecular complexity index is 290. The second-order valence-corrected chi connectivity index (χ2v) is 3.78. The van der Waals surface area contributed by atoms with Crippen LogP contribution in [0.3, 0.4) is 0 Å². The Morgan fingerprint density at radius 2 is 1.86 bits per heavy atom. The summed E-state index contributed by atoms with van der Waals surface area (Å²) in [6, 6.07) is 8.82. The van der Waals surface area contributed by atoms with Crippen molar-refractivity contribution in [3.05, 3.63) is 41.5 Å². The second-order valence-electron chi connectivity index (χ2n) is 3.78. The quantitative estimate of drug-likeness (QED) is 0.648. The molecule has 0 spiro atoms. The predicted octanol–water partition coefficient (Wildman–Crippen LogP) is 4.59. The lowest BCUT2D eigenvalue weighted by molar-refractivity contribution is 0.823. The molecule has 1 rings (SSSR count). The summed E-state index contributed by atoms with van der Waals surface area (Å²) in [5, 5.41) is 0. The minimum atomic E-state index is 1.20. The largest absolute Gasteiger partial charge is 0.0838 e. The minimum absolute atomic E-state index is 1.20. The van der Waals surface area contributed by atoms with Crippen molar-refractivity contribution in [2.45, 2.75) is 40.0 Å². The van der Waals surface area contributed by atoms with Crippen molar-refractivity contribution in [2.24, 2.45) is 0 Å². The van der Waals surface area contributed by atoms with Crippen molar-refractivity contribution < 1.29 is 0 Å². The normalized spacial score (nSPS) is 11.8. The van der Waals surface area contributed by atoms with Gasteiger partial charge >= 0.3 is 0 Å². The van der Waals surface area contributed by atoms with Crippen LogP contribution < -0.4 is 0 Å². The summed E-state index contributed by atoms with van der Waals surface area (Å²) in [5.74, 6) is 0. The lowest BCUT2D eigenvalue weighted by Gasteiger charge is -2.06. The second kappa shape index (κ2) is 5.64. The number of allylic oxidation sites excluding steroid dienone is 2. The lowest BCUT2D eigenvalue weighted by atomic mass is 9.99. The Morgan fingerprint density at radius 1 is 1.21 bits per heavy atom. The average Bonchev–Trinajstić information content (AvgIpc) is 2.21. The van der Waals surface area contributed by atoms with E-state index < -0.39 is 0 Å². The number of rotatable bonds is 4. The summed E-state index contributed by atoms with van der Waals surface area (Å²) >= 11 is 0. The summed E-state index contributed by atoms with van der Waals surface area (Å²) in [7, 11) is 0. The van der Waals surface area contributed by atoms with Crippen molar-refractivity contribution in [1.29, 1.82) is 0 Å². The van der Waals surface area contributed by atoms with Gasteiger partial charge in [-0.2, -0.15) is 0 Å². The van der Waals surface area contributed by atoms with Crippen LogP contribution >= 0.6 is 0 Å². The maximum absolute atomic E-state index is 2.24. The van der Waals surface area contributed by atoms with Gasteiger partial charge in [-0.3, -0.25) is 0 Å². The molecule has 0 aliphatic rings. The third-order valence-corrected chi connectivity index (χ3v) is 2.57. The van der Waals surface area contributed by atoms with Gasteiger partial charge in [-0.25, -0.2) is 0 Å². The van der Waals surface area contributed by atoms with Crippen molar-refractivity contribution in [3.63, 3.8) is 0 Å². The number of aryl methyl sites for hydroxylation is 1. The van der Waals surface area contributed by atoms with Gasteiger partial charge in [0.2, 0.25) is 0 Å². The number of hydrogen-bond acceptors (Lipinski definition) is 0. The molecule has 0 unspecified atom stereocenters. The molecule has 0 amide bonds. The molecule has 0 N–H and O–H groups in total. The molecule has 14 heavy (non-hydrogen) atoms. The van der Waals surface area contributed by atoms with E-state index in [2.05, 4.69) is 51.1 Å². The molecule has 0 heteroatoms. The van der Waals surface area contributed by atoms with E-state index in [0.29, 0.717) is 0 Å². The zero-order chi connectivity index (χ0) is 10.4. The molecular formula is C14H20. The number of unbranched alkanes of at least 4 members (excludes halogenated alkanes) is 1. The van der Waals surface area contributed by atoms with Crippen LogP contribution in [0.1, 0.15) is 44.2 Å². The molecule has 0 fully saturated rings. The molecule has 1 aromatic rings. The van der Waals surface area contributed by atoms with Gasteiger partial charge in [0, 0.05) is 0 Å². The Morgan fingerprint density at radius 3 is 2.36 bits per heavy atom. The summed E-state index contributed by atoms with van der Waals surface area (Å²) < 4.78 is 0. The molecule has 0 aliphatic heterocycles. The molecule has 0 aromatic heterocycles. The van der Waals surface area contributed by atoms with E-state index in [1.165, 1.54) is 36.0 Å². The Kier molecular flexibility index (Phi) is 4.45. The highest BCUT2D eigenvalue weighted by molar-refractivity contribution is 5.65. The van der Waals surface area contributed by atoms with Gasteiger partial charge in [-0.15, -0.1) is 0 Å². The first kappa shape index (κ1) is 11.0. The van der Waals surface area contributed by atoms with Gasteiger partial charge in [0.15, 0.2) is 0 Å². The van der Waals surface area contributed by atoms with Crippen molar-refractivity contribution >= 4 is 5.57 Å². The highest BCUT2D eigenvalue weighted by atomic mass is 14.0. The molecule has 0 saturated heterocycles.